The van der Waals surface area contributed by atoms with Crippen LogP contribution >= 0.6 is 0 Å². The summed E-state index contributed by atoms with van der Waals surface area (Å²) in [5.41, 5.74) is 6.55. The SMILES string of the molecule is N#Cc1ccc(NC(CN)C2CCCC2)c(F)c1. The molecule has 0 amide bonds. The number of halogens is 1. The van der Waals surface area contributed by atoms with Crippen LogP contribution in [0.3, 0.4) is 0 Å². The van der Waals surface area contributed by atoms with Gasteiger partial charge in [0.05, 0.1) is 17.3 Å². The minimum Gasteiger partial charge on any atom is -0.378 e. The van der Waals surface area contributed by atoms with Gasteiger partial charge in [-0.05, 0) is 37.0 Å². The minimum atomic E-state index is -0.384. The van der Waals surface area contributed by atoms with Gasteiger partial charge in [0.1, 0.15) is 5.82 Å². The maximum atomic E-state index is 13.8. The van der Waals surface area contributed by atoms with Crippen LogP contribution in [0.1, 0.15) is 31.2 Å². The first-order valence-electron chi connectivity index (χ1n) is 6.41. The summed E-state index contributed by atoms with van der Waals surface area (Å²) in [6.07, 6.45) is 4.79. The Labute approximate surface area is 107 Å². The van der Waals surface area contributed by atoms with E-state index in [9.17, 15) is 4.39 Å². The molecule has 1 aliphatic carbocycles. The number of rotatable bonds is 4. The van der Waals surface area contributed by atoms with Crippen LogP contribution in [0.25, 0.3) is 0 Å². The number of anilines is 1. The molecule has 1 saturated carbocycles. The van der Waals surface area contributed by atoms with Crippen LogP contribution in [-0.2, 0) is 0 Å². The smallest absolute Gasteiger partial charge is 0.147 e. The quantitative estimate of drug-likeness (QED) is 0.859. The van der Waals surface area contributed by atoms with Crippen LogP contribution in [-0.4, -0.2) is 12.6 Å². The van der Waals surface area contributed by atoms with E-state index in [0.29, 0.717) is 23.7 Å². The molecule has 4 heteroatoms. The van der Waals surface area contributed by atoms with Gasteiger partial charge in [-0.2, -0.15) is 5.26 Å². The van der Waals surface area contributed by atoms with Crippen molar-refractivity contribution in [3.8, 4) is 6.07 Å². The summed E-state index contributed by atoms with van der Waals surface area (Å²) in [5.74, 6) is 0.149. The zero-order chi connectivity index (χ0) is 13.0. The van der Waals surface area contributed by atoms with Crippen molar-refractivity contribution in [1.29, 1.82) is 5.26 Å². The zero-order valence-electron chi connectivity index (χ0n) is 10.3. The molecule has 3 nitrogen and oxygen atoms in total. The van der Waals surface area contributed by atoms with Crippen LogP contribution in [0.5, 0.6) is 0 Å². The second-order valence-electron chi connectivity index (χ2n) is 4.84. The Morgan fingerprint density at radius 1 is 1.44 bits per heavy atom. The lowest BCUT2D eigenvalue weighted by Crippen LogP contribution is -2.35. The molecule has 1 aromatic carbocycles. The van der Waals surface area contributed by atoms with E-state index >= 15 is 0 Å². The molecule has 18 heavy (non-hydrogen) atoms. The van der Waals surface area contributed by atoms with E-state index in [-0.39, 0.29) is 11.9 Å². The topological polar surface area (TPSA) is 61.8 Å². The second-order valence-corrected chi connectivity index (χ2v) is 4.84. The molecule has 0 spiro atoms. The number of hydrogen-bond acceptors (Lipinski definition) is 3. The van der Waals surface area contributed by atoms with Crippen molar-refractivity contribution < 1.29 is 4.39 Å². The molecule has 0 heterocycles. The fourth-order valence-electron chi connectivity index (χ4n) is 2.63. The highest BCUT2D eigenvalue weighted by atomic mass is 19.1. The molecule has 0 radical (unpaired) electrons. The van der Waals surface area contributed by atoms with Crippen LogP contribution < -0.4 is 11.1 Å². The molecule has 2 rings (SSSR count). The summed E-state index contributed by atoms with van der Waals surface area (Å²) >= 11 is 0. The van der Waals surface area contributed by atoms with Gasteiger partial charge in [-0.25, -0.2) is 4.39 Å². The highest BCUT2D eigenvalue weighted by Crippen LogP contribution is 2.29. The van der Waals surface area contributed by atoms with E-state index in [2.05, 4.69) is 5.32 Å². The number of nitrogens with two attached hydrogens (primary N) is 1. The summed E-state index contributed by atoms with van der Waals surface area (Å²) in [7, 11) is 0. The molecule has 1 aromatic rings. The fourth-order valence-corrected chi connectivity index (χ4v) is 2.63. The highest BCUT2D eigenvalue weighted by molar-refractivity contribution is 5.49. The number of hydrogen-bond donors (Lipinski definition) is 2. The van der Waals surface area contributed by atoms with Crippen molar-refractivity contribution in [2.75, 3.05) is 11.9 Å². The summed E-state index contributed by atoms with van der Waals surface area (Å²) in [6.45, 7) is 0.504. The maximum absolute atomic E-state index is 13.8. The Morgan fingerprint density at radius 3 is 2.72 bits per heavy atom. The Morgan fingerprint density at radius 2 is 2.17 bits per heavy atom. The summed E-state index contributed by atoms with van der Waals surface area (Å²) < 4.78 is 13.8. The predicted octanol–water partition coefficient (Wildman–Crippen LogP) is 2.63. The molecule has 1 aliphatic rings. The first kappa shape index (κ1) is 12.8. The monoisotopic (exact) mass is 247 g/mol. The predicted molar refractivity (Wildman–Crippen MR) is 69.5 cm³/mol. The van der Waals surface area contributed by atoms with Crippen LogP contribution in [0.2, 0.25) is 0 Å². The number of benzene rings is 1. The Bertz CT molecular complexity index is 447. The van der Waals surface area contributed by atoms with Gasteiger partial charge in [-0.3, -0.25) is 0 Å². The highest BCUT2D eigenvalue weighted by Gasteiger charge is 2.24. The third-order valence-corrected chi connectivity index (χ3v) is 3.66. The molecule has 1 fully saturated rings. The Hall–Kier alpha value is -1.60. The Balaban J connectivity index is 2.09. The molecular formula is C14H18FN3. The van der Waals surface area contributed by atoms with Crippen molar-refractivity contribution >= 4 is 5.69 Å². The maximum Gasteiger partial charge on any atom is 0.147 e. The minimum absolute atomic E-state index is 0.120. The fraction of sp³-hybridized carbons (Fsp3) is 0.500. The lowest BCUT2D eigenvalue weighted by molar-refractivity contribution is 0.460. The van der Waals surface area contributed by atoms with Gasteiger partial charge in [0.15, 0.2) is 0 Å². The van der Waals surface area contributed by atoms with Gasteiger partial charge in [-0.15, -0.1) is 0 Å². The van der Waals surface area contributed by atoms with Crippen molar-refractivity contribution in [1.82, 2.24) is 0 Å². The average Bonchev–Trinajstić information content (AvgIpc) is 2.91. The molecule has 0 aliphatic heterocycles. The molecule has 0 aromatic heterocycles. The number of nitrogens with one attached hydrogen (secondary N) is 1. The third-order valence-electron chi connectivity index (χ3n) is 3.66. The standard InChI is InChI=1S/C14H18FN3/c15-12-7-10(8-16)5-6-13(12)18-14(9-17)11-3-1-2-4-11/h5-7,11,14,18H,1-4,9,17H2. The van der Waals surface area contributed by atoms with Crippen molar-refractivity contribution in [2.24, 2.45) is 11.7 Å². The van der Waals surface area contributed by atoms with Crippen molar-refractivity contribution in [2.45, 2.75) is 31.7 Å². The first-order valence-corrected chi connectivity index (χ1v) is 6.41. The molecule has 0 bridgehead atoms. The van der Waals surface area contributed by atoms with E-state index in [0.717, 1.165) is 12.8 Å². The summed E-state index contributed by atoms with van der Waals surface area (Å²) in [5, 5.41) is 11.9. The lowest BCUT2D eigenvalue weighted by atomic mass is 9.98. The third kappa shape index (κ3) is 2.80. The van der Waals surface area contributed by atoms with Gasteiger partial charge >= 0.3 is 0 Å². The lowest BCUT2D eigenvalue weighted by Gasteiger charge is -2.24. The van der Waals surface area contributed by atoms with Gasteiger partial charge < -0.3 is 11.1 Å². The molecule has 0 saturated heterocycles. The van der Waals surface area contributed by atoms with E-state index in [1.165, 1.54) is 18.9 Å². The van der Waals surface area contributed by atoms with Crippen LogP contribution in [0, 0.1) is 23.1 Å². The van der Waals surface area contributed by atoms with Gasteiger partial charge in [0, 0.05) is 12.6 Å². The summed E-state index contributed by atoms with van der Waals surface area (Å²) in [4.78, 5) is 0. The zero-order valence-corrected chi connectivity index (χ0v) is 10.3. The first-order chi connectivity index (χ1) is 8.74. The molecular weight excluding hydrogens is 229 g/mol. The van der Waals surface area contributed by atoms with E-state index in [4.69, 9.17) is 11.0 Å². The number of nitrogens with zero attached hydrogens (tertiary/aromatic N) is 1. The van der Waals surface area contributed by atoms with E-state index < -0.39 is 0 Å². The average molecular weight is 247 g/mol. The largest absolute Gasteiger partial charge is 0.378 e. The van der Waals surface area contributed by atoms with Gasteiger partial charge in [-0.1, -0.05) is 12.8 Å². The van der Waals surface area contributed by atoms with Crippen LogP contribution in [0.15, 0.2) is 18.2 Å². The molecule has 1 atom stereocenters. The Kier molecular flexibility index (Phi) is 4.16. The molecule has 3 N–H and O–H groups in total. The second kappa shape index (κ2) is 5.83. The van der Waals surface area contributed by atoms with Crippen molar-refractivity contribution in [3.05, 3.63) is 29.6 Å². The van der Waals surface area contributed by atoms with Crippen LogP contribution in [0.4, 0.5) is 10.1 Å². The van der Waals surface area contributed by atoms with E-state index in [1.807, 2.05) is 6.07 Å². The summed E-state index contributed by atoms with van der Waals surface area (Å²) in [6, 6.07) is 6.54. The van der Waals surface area contributed by atoms with Crippen molar-refractivity contribution in [3.63, 3.8) is 0 Å². The molecule has 96 valence electrons. The molecule has 1 unspecified atom stereocenters. The van der Waals surface area contributed by atoms with E-state index in [1.54, 1.807) is 12.1 Å². The van der Waals surface area contributed by atoms with Gasteiger partial charge in [0.25, 0.3) is 0 Å². The normalized spacial score (nSPS) is 17.4. The van der Waals surface area contributed by atoms with Gasteiger partial charge in [0.2, 0.25) is 0 Å². The number of nitriles is 1.